The van der Waals surface area contributed by atoms with Gasteiger partial charge < -0.3 is 10.3 Å². The smallest absolute Gasteiger partial charge is 0.0500 e. The van der Waals surface area contributed by atoms with Crippen LogP contribution in [0.3, 0.4) is 0 Å². The normalized spacial score (nSPS) is 12.9. The number of rotatable bonds is 9. The van der Waals surface area contributed by atoms with E-state index < -0.39 is 0 Å². The first-order valence-electron chi connectivity index (χ1n) is 18.4. The molecule has 0 unspecified atom stereocenters. The lowest BCUT2D eigenvalue weighted by molar-refractivity contribution is 0.883. The van der Waals surface area contributed by atoms with E-state index in [0.29, 0.717) is 13.0 Å². The summed E-state index contributed by atoms with van der Waals surface area (Å²) in [5.41, 5.74) is 22.6. The molecule has 0 fully saturated rings. The van der Waals surface area contributed by atoms with E-state index in [2.05, 4.69) is 175 Å². The molecule has 53 heavy (non-hydrogen) atoms. The lowest BCUT2D eigenvalue weighted by atomic mass is 9.95. The fourth-order valence-corrected chi connectivity index (χ4v) is 8.04. The van der Waals surface area contributed by atoms with E-state index in [1.807, 2.05) is 18.2 Å². The standard InChI is InChI=1S/C51H40N2/c1-2-12-35(36-13-4-3-5-14-36)17-11-20-44(52)29-30-53-49-28-26-37-15-6-9-22-46(37)51(49)47-27-25-41(34-50(47)53)39-19-10-18-38(31-39)40-23-24-43-32-42-16-7-8-21-45(42)48(43)33-40/h2-19,21-29,31,33-34H,1,20,30,32,52H2/b17-11-,35-12+,44-29-. The maximum absolute atomic E-state index is 6.68. The van der Waals surface area contributed by atoms with Crippen molar-refractivity contribution in [2.45, 2.75) is 19.4 Å². The van der Waals surface area contributed by atoms with Crippen molar-refractivity contribution >= 4 is 38.2 Å². The number of hydrogen-bond donors (Lipinski definition) is 1. The Morgan fingerprint density at radius 2 is 1.36 bits per heavy atom. The predicted octanol–water partition coefficient (Wildman–Crippen LogP) is 12.9. The van der Waals surface area contributed by atoms with Gasteiger partial charge in [-0.1, -0.05) is 158 Å². The van der Waals surface area contributed by atoms with Crippen LogP contribution < -0.4 is 5.73 Å². The van der Waals surface area contributed by atoms with Crippen LogP contribution >= 0.6 is 0 Å². The van der Waals surface area contributed by atoms with Crippen LogP contribution in [-0.4, -0.2) is 4.57 Å². The van der Waals surface area contributed by atoms with Crippen LogP contribution in [0.25, 0.3) is 71.5 Å². The summed E-state index contributed by atoms with van der Waals surface area (Å²) in [6, 6.07) is 55.2. The van der Waals surface area contributed by atoms with Crippen LogP contribution in [0.2, 0.25) is 0 Å². The minimum Gasteiger partial charge on any atom is -0.402 e. The van der Waals surface area contributed by atoms with Crippen LogP contribution in [0.4, 0.5) is 0 Å². The summed E-state index contributed by atoms with van der Waals surface area (Å²) >= 11 is 0. The first-order chi connectivity index (χ1) is 26.1. The molecule has 7 aromatic carbocycles. The van der Waals surface area contributed by atoms with E-state index >= 15 is 0 Å². The van der Waals surface area contributed by atoms with E-state index in [4.69, 9.17) is 5.73 Å². The van der Waals surface area contributed by atoms with Crippen molar-refractivity contribution in [2.75, 3.05) is 0 Å². The average Bonchev–Trinajstić information content (AvgIpc) is 3.75. The molecule has 1 aromatic heterocycles. The summed E-state index contributed by atoms with van der Waals surface area (Å²) in [7, 11) is 0. The van der Waals surface area contributed by atoms with Gasteiger partial charge in [-0.15, -0.1) is 0 Å². The number of aromatic nitrogens is 1. The Bertz CT molecular complexity index is 2770. The van der Waals surface area contributed by atoms with Crippen molar-refractivity contribution in [3.63, 3.8) is 0 Å². The molecule has 1 aliphatic rings. The molecule has 0 spiro atoms. The summed E-state index contributed by atoms with van der Waals surface area (Å²) in [5, 5.41) is 5.05. The summed E-state index contributed by atoms with van der Waals surface area (Å²) in [4.78, 5) is 0. The first kappa shape index (κ1) is 32.3. The molecular formula is C51H40N2. The lowest BCUT2D eigenvalue weighted by Gasteiger charge is -2.10. The molecule has 0 saturated carbocycles. The second-order valence-electron chi connectivity index (χ2n) is 13.9. The molecule has 0 radical (unpaired) electrons. The number of nitrogens with two attached hydrogens (primary N) is 1. The Labute approximate surface area is 311 Å². The molecule has 0 aliphatic heterocycles. The quantitative estimate of drug-likeness (QED) is 0.151. The van der Waals surface area contributed by atoms with Crippen LogP contribution in [0.1, 0.15) is 23.1 Å². The van der Waals surface area contributed by atoms with Crippen LogP contribution in [0.15, 0.2) is 194 Å². The van der Waals surface area contributed by atoms with Gasteiger partial charge in [0.25, 0.3) is 0 Å². The fourth-order valence-electron chi connectivity index (χ4n) is 8.04. The molecule has 0 saturated heterocycles. The molecule has 2 N–H and O–H groups in total. The topological polar surface area (TPSA) is 30.9 Å². The van der Waals surface area contributed by atoms with Gasteiger partial charge in [0, 0.05) is 29.4 Å². The second-order valence-corrected chi connectivity index (χ2v) is 13.9. The van der Waals surface area contributed by atoms with E-state index in [0.717, 1.165) is 23.3 Å². The van der Waals surface area contributed by atoms with Gasteiger partial charge in [-0.2, -0.15) is 0 Å². The first-order valence-corrected chi connectivity index (χ1v) is 18.4. The molecule has 2 heteroatoms. The third-order valence-corrected chi connectivity index (χ3v) is 10.7. The summed E-state index contributed by atoms with van der Waals surface area (Å²) in [6.45, 7) is 4.58. The van der Waals surface area contributed by atoms with E-state index in [9.17, 15) is 0 Å². The number of nitrogens with zero attached hydrogens (tertiary/aromatic N) is 1. The highest BCUT2D eigenvalue weighted by Gasteiger charge is 2.19. The maximum Gasteiger partial charge on any atom is 0.0500 e. The maximum atomic E-state index is 6.68. The Balaban J connectivity index is 1.08. The van der Waals surface area contributed by atoms with E-state index in [1.54, 1.807) is 0 Å². The molecule has 1 aliphatic carbocycles. The highest BCUT2D eigenvalue weighted by molar-refractivity contribution is 6.21. The minimum absolute atomic E-state index is 0.660. The number of benzene rings is 7. The average molecular weight is 681 g/mol. The van der Waals surface area contributed by atoms with E-state index in [1.165, 1.54) is 77.1 Å². The predicted molar refractivity (Wildman–Crippen MR) is 227 cm³/mol. The minimum atomic E-state index is 0.660. The second kappa shape index (κ2) is 13.8. The van der Waals surface area contributed by atoms with Gasteiger partial charge in [-0.25, -0.2) is 0 Å². The Morgan fingerprint density at radius 1 is 0.623 bits per heavy atom. The van der Waals surface area contributed by atoms with Crippen molar-refractivity contribution in [3.05, 3.63) is 211 Å². The van der Waals surface area contributed by atoms with Gasteiger partial charge in [0.15, 0.2) is 0 Å². The molecule has 9 rings (SSSR count). The van der Waals surface area contributed by atoms with Gasteiger partial charge in [-0.3, -0.25) is 0 Å². The third-order valence-electron chi connectivity index (χ3n) is 10.7. The zero-order valence-corrected chi connectivity index (χ0v) is 29.7. The molecule has 8 aromatic rings. The molecule has 0 amide bonds. The Morgan fingerprint density at radius 3 is 2.23 bits per heavy atom. The SMILES string of the molecule is C=C/C=C(\C=C/C/C(N)=C/Cn1c2cc(-c3cccc(-c4ccc5c(c4)-c4ccccc4C5)c3)ccc2c2c3ccccc3ccc21)c1ccccc1. The lowest BCUT2D eigenvalue weighted by Crippen LogP contribution is -2.01. The largest absolute Gasteiger partial charge is 0.402 e. The fraction of sp³-hybridized carbons (Fsp3) is 0.0588. The van der Waals surface area contributed by atoms with Crippen molar-refractivity contribution in [3.8, 4) is 33.4 Å². The van der Waals surface area contributed by atoms with E-state index in [-0.39, 0.29) is 0 Å². The Kier molecular flexibility index (Phi) is 8.42. The van der Waals surface area contributed by atoms with Crippen LogP contribution in [0.5, 0.6) is 0 Å². The van der Waals surface area contributed by atoms with Gasteiger partial charge in [0.05, 0.1) is 11.0 Å². The number of fused-ring (bicyclic) bond motifs is 8. The number of hydrogen-bond acceptors (Lipinski definition) is 1. The van der Waals surface area contributed by atoms with Crippen molar-refractivity contribution in [1.82, 2.24) is 4.57 Å². The van der Waals surface area contributed by atoms with Crippen molar-refractivity contribution in [1.29, 1.82) is 0 Å². The van der Waals surface area contributed by atoms with Gasteiger partial charge in [-0.05, 0) is 103 Å². The van der Waals surface area contributed by atoms with Crippen LogP contribution in [0, 0.1) is 0 Å². The zero-order valence-electron chi connectivity index (χ0n) is 29.7. The highest BCUT2D eigenvalue weighted by Crippen LogP contribution is 2.40. The Hall–Kier alpha value is -6.64. The number of allylic oxidation sites excluding steroid dienone is 6. The molecular weight excluding hydrogens is 641 g/mol. The van der Waals surface area contributed by atoms with Crippen molar-refractivity contribution < 1.29 is 0 Å². The molecule has 254 valence electrons. The molecule has 1 heterocycles. The summed E-state index contributed by atoms with van der Waals surface area (Å²) in [5.74, 6) is 0. The van der Waals surface area contributed by atoms with Crippen LogP contribution in [-0.2, 0) is 13.0 Å². The summed E-state index contributed by atoms with van der Waals surface area (Å²) in [6.07, 6.45) is 12.0. The monoisotopic (exact) mass is 680 g/mol. The molecule has 2 nitrogen and oxygen atoms in total. The molecule has 0 atom stereocenters. The van der Waals surface area contributed by atoms with Gasteiger partial charge >= 0.3 is 0 Å². The highest BCUT2D eigenvalue weighted by atomic mass is 15.0. The molecule has 0 bridgehead atoms. The third kappa shape index (κ3) is 6.09. The van der Waals surface area contributed by atoms with Crippen molar-refractivity contribution in [2.24, 2.45) is 5.73 Å². The zero-order chi connectivity index (χ0) is 35.7. The summed E-state index contributed by atoms with van der Waals surface area (Å²) < 4.78 is 2.42. The van der Waals surface area contributed by atoms with Gasteiger partial charge in [0.2, 0.25) is 0 Å². The van der Waals surface area contributed by atoms with Gasteiger partial charge in [0.1, 0.15) is 0 Å².